The third-order valence-corrected chi connectivity index (χ3v) is 4.71. The minimum absolute atomic E-state index is 0.176. The molecule has 30 heavy (non-hydrogen) atoms. The average Bonchev–Trinajstić information content (AvgIpc) is 3.13. The van der Waals surface area contributed by atoms with Crippen LogP contribution in [0.4, 0.5) is 27.4 Å². The normalized spacial score (nSPS) is 10.6. The molecule has 0 unspecified atom stereocenters. The van der Waals surface area contributed by atoms with E-state index < -0.39 is 11.7 Å². The summed E-state index contributed by atoms with van der Waals surface area (Å²) in [7, 11) is 0. The van der Waals surface area contributed by atoms with Gasteiger partial charge in [0.15, 0.2) is 5.82 Å². The Labute approximate surface area is 182 Å². The number of rotatable bonds is 5. The van der Waals surface area contributed by atoms with Crippen molar-refractivity contribution < 1.29 is 9.18 Å². The molecule has 2 N–H and O–H groups in total. The Balaban J connectivity index is 1.69. The second-order valence-electron chi connectivity index (χ2n) is 6.41. The van der Waals surface area contributed by atoms with Gasteiger partial charge in [-0.3, -0.25) is 4.79 Å². The zero-order valence-corrected chi connectivity index (χ0v) is 17.0. The highest BCUT2D eigenvalue weighted by Gasteiger charge is 2.17. The van der Waals surface area contributed by atoms with E-state index in [4.69, 9.17) is 23.2 Å². The maximum Gasteiger partial charge on any atom is 0.280 e. The number of anilines is 4. The van der Waals surface area contributed by atoms with Gasteiger partial charge in [-0.05, 0) is 66.7 Å². The largest absolute Gasteiger partial charge is 0.340 e. The lowest BCUT2D eigenvalue weighted by atomic mass is 10.2. The van der Waals surface area contributed by atoms with Crippen LogP contribution in [0.5, 0.6) is 0 Å². The van der Waals surface area contributed by atoms with E-state index in [9.17, 15) is 9.18 Å². The van der Waals surface area contributed by atoms with Crippen LogP contribution in [0.3, 0.4) is 0 Å². The molecule has 0 amide bonds. The maximum atomic E-state index is 13.6. The Morgan fingerprint density at radius 3 is 2.03 bits per heavy atom. The molecule has 1 aromatic heterocycles. The number of carbonyl (C=O) groups excluding carboxylic acids is 1. The molecule has 0 aliphatic heterocycles. The van der Waals surface area contributed by atoms with Gasteiger partial charge in [0.25, 0.3) is 5.91 Å². The Bertz CT molecular complexity index is 1190. The first-order valence-electron chi connectivity index (χ1n) is 8.93. The topological polar surface area (TPSA) is 59.0 Å². The van der Waals surface area contributed by atoms with Crippen LogP contribution >= 0.6 is 23.2 Å². The van der Waals surface area contributed by atoms with Crippen LogP contribution in [-0.4, -0.2) is 15.7 Å². The highest BCUT2D eigenvalue weighted by molar-refractivity contribution is 6.30. The van der Waals surface area contributed by atoms with Crippen molar-refractivity contribution in [3.8, 4) is 0 Å². The van der Waals surface area contributed by atoms with Crippen molar-refractivity contribution in [3.63, 3.8) is 0 Å². The first-order chi connectivity index (χ1) is 14.5. The van der Waals surface area contributed by atoms with Gasteiger partial charge in [0, 0.05) is 33.0 Å². The van der Waals surface area contributed by atoms with Crippen LogP contribution in [0.15, 0.2) is 78.9 Å². The van der Waals surface area contributed by atoms with Gasteiger partial charge in [-0.15, -0.1) is 5.10 Å². The number of nitrogens with zero attached hydrogens (tertiary/aromatic N) is 2. The first-order valence-corrected chi connectivity index (χ1v) is 9.69. The van der Waals surface area contributed by atoms with E-state index in [-0.39, 0.29) is 5.56 Å². The molecule has 8 heteroatoms. The SMILES string of the molecule is O=C(c1cccc(F)c1)n1nc(Nc2ccc(Cl)cc2)cc1Nc1ccc(Cl)cc1. The summed E-state index contributed by atoms with van der Waals surface area (Å²) in [5.41, 5.74) is 1.64. The van der Waals surface area contributed by atoms with Gasteiger partial charge in [0.2, 0.25) is 0 Å². The van der Waals surface area contributed by atoms with Crippen molar-refractivity contribution in [1.82, 2.24) is 9.78 Å². The zero-order valence-electron chi connectivity index (χ0n) is 15.4. The van der Waals surface area contributed by atoms with Crippen molar-refractivity contribution in [3.05, 3.63) is 100 Å². The minimum atomic E-state index is -0.500. The highest BCUT2D eigenvalue weighted by atomic mass is 35.5. The number of hydrogen-bond acceptors (Lipinski definition) is 4. The van der Waals surface area contributed by atoms with Gasteiger partial charge >= 0.3 is 0 Å². The summed E-state index contributed by atoms with van der Waals surface area (Å²) in [6.45, 7) is 0. The maximum absolute atomic E-state index is 13.6. The summed E-state index contributed by atoms with van der Waals surface area (Å²) in [6.07, 6.45) is 0. The summed E-state index contributed by atoms with van der Waals surface area (Å²) in [6, 6.07) is 21.2. The quantitative estimate of drug-likeness (QED) is 0.371. The van der Waals surface area contributed by atoms with Crippen molar-refractivity contribution in [2.45, 2.75) is 0 Å². The van der Waals surface area contributed by atoms with E-state index in [0.29, 0.717) is 27.4 Å². The van der Waals surface area contributed by atoms with Crippen LogP contribution in [0.1, 0.15) is 10.4 Å². The number of nitrogens with one attached hydrogen (secondary N) is 2. The number of halogens is 3. The Morgan fingerprint density at radius 2 is 1.43 bits per heavy atom. The molecule has 0 saturated heterocycles. The molecule has 0 aliphatic rings. The Kier molecular flexibility index (Phi) is 5.70. The smallest absolute Gasteiger partial charge is 0.280 e. The molecule has 4 aromatic rings. The number of carbonyl (C=O) groups is 1. The minimum Gasteiger partial charge on any atom is -0.340 e. The predicted octanol–water partition coefficient (Wildman–Crippen LogP) is 6.50. The molecule has 150 valence electrons. The third-order valence-electron chi connectivity index (χ3n) is 4.21. The summed E-state index contributed by atoms with van der Waals surface area (Å²) in [4.78, 5) is 13.0. The van der Waals surface area contributed by atoms with E-state index in [1.165, 1.54) is 28.9 Å². The molecule has 0 saturated carbocycles. The van der Waals surface area contributed by atoms with Gasteiger partial charge in [0.1, 0.15) is 11.6 Å². The molecule has 0 aliphatic carbocycles. The van der Waals surface area contributed by atoms with Crippen LogP contribution < -0.4 is 10.6 Å². The van der Waals surface area contributed by atoms with Crippen LogP contribution in [-0.2, 0) is 0 Å². The molecule has 0 spiro atoms. The second kappa shape index (κ2) is 8.57. The lowest BCUT2D eigenvalue weighted by Gasteiger charge is -2.09. The van der Waals surface area contributed by atoms with Gasteiger partial charge in [-0.25, -0.2) is 4.39 Å². The predicted molar refractivity (Wildman–Crippen MR) is 118 cm³/mol. The number of aromatic nitrogens is 2. The summed E-state index contributed by atoms with van der Waals surface area (Å²) in [5.74, 6) is -0.142. The molecule has 0 atom stereocenters. The molecular weight excluding hydrogens is 426 g/mol. The summed E-state index contributed by atoms with van der Waals surface area (Å²) in [5, 5.41) is 11.8. The standard InChI is InChI=1S/C22H15Cl2FN4O/c23-15-4-8-18(9-5-15)26-20-13-21(27-19-10-6-16(24)7-11-19)29(28-20)22(30)14-2-1-3-17(25)12-14/h1-13,27H,(H,26,28). The lowest BCUT2D eigenvalue weighted by Crippen LogP contribution is -2.16. The number of benzene rings is 3. The van der Waals surface area contributed by atoms with Gasteiger partial charge in [0.05, 0.1) is 0 Å². The Hall–Kier alpha value is -3.35. The fraction of sp³-hybridized carbons (Fsp3) is 0. The molecule has 1 heterocycles. The molecule has 3 aromatic carbocycles. The fourth-order valence-electron chi connectivity index (χ4n) is 2.79. The van der Waals surface area contributed by atoms with Gasteiger partial charge < -0.3 is 10.6 Å². The van der Waals surface area contributed by atoms with Gasteiger partial charge in [-0.1, -0.05) is 29.3 Å². The van der Waals surface area contributed by atoms with Crippen molar-refractivity contribution in [2.75, 3.05) is 10.6 Å². The fourth-order valence-corrected chi connectivity index (χ4v) is 3.04. The molecule has 4 rings (SSSR count). The Morgan fingerprint density at radius 1 is 0.833 bits per heavy atom. The van der Waals surface area contributed by atoms with Crippen LogP contribution in [0.2, 0.25) is 10.0 Å². The van der Waals surface area contributed by atoms with Crippen molar-refractivity contribution >= 4 is 52.1 Å². The van der Waals surface area contributed by atoms with Crippen LogP contribution in [0.25, 0.3) is 0 Å². The van der Waals surface area contributed by atoms with Gasteiger partial charge in [-0.2, -0.15) is 4.68 Å². The third kappa shape index (κ3) is 4.62. The lowest BCUT2D eigenvalue weighted by molar-refractivity contribution is 0.0947. The van der Waals surface area contributed by atoms with E-state index in [0.717, 1.165) is 5.69 Å². The number of hydrogen-bond donors (Lipinski definition) is 2. The van der Waals surface area contributed by atoms with Crippen molar-refractivity contribution in [2.24, 2.45) is 0 Å². The summed E-state index contributed by atoms with van der Waals surface area (Å²) >= 11 is 11.9. The zero-order chi connectivity index (χ0) is 21.1. The van der Waals surface area contributed by atoms with E-state index in [2.05, 4.69) is 15.7 Å². The monoisotopic (exact) mass is 440 g/mol. The highest BCUT2D eigenvalue weighted by Crippen LogP contribution is 2.25. The van der Waals surface area contributed by atoms with E-state index >= 15 is 0 Å². The molecular formula is C22H15Cl2FN4O. The van der Waals surface area contributed by atoms with E-state index in [1.54, 1.807) is 54.6 Å². The molecule has 5 nitrogen and oxygen atoms in total. The molecule has 0 fully saturated rings. The average molecular weight is 441 g/mol. The molecule has 0 radical (unpaired) electrons. The van der Waals surface area contributed by atoms with E-state index in [1.807, 2.05) is 0 Å². The second-order valence-corrected chi connectivity index (χ2v) is 7.28. The first kappa shape index (κ1) is 19.9. The summed E-state index contributed by atoms with van der Waals surface area (Å²) < 4.78 is 14.8. The molecule has 0 bridgehead atoms. The van der Waals surface area contributed by atoms with Crippen LogP contribution in [0, 0.1) is 5.82 Å². The van der Waals surface area contributed by atoms with Crippen molar-refractivity contribution in [1.29, 1.82) is 0 Å².